The van der Waals surface area contributed by atoms with Crippen molar-refractivity contribution in [1.82, 2.24) is 4.57 Å². The number of hydrogen-bond donors (Lipinski definition) is 1. The van der Waals surface area contributed by atoms with Crippen LogP contribution in [-0.2, 0) is 6.54 Å². The smallest absolute Gasteiger partial charge is 0.249 e. The number of rotatable bonds is 5. The van der Waals surface area contributed by atoms with Crippen LogP contribution >= 0.6 is 0 Å². The van der Waals surface area contributed by atoms with Gasteiger partial charge in [0.05, 0.1) is 18.1 Å². The number of ether oxygens (including phenoxy) is 1. The van der Waals surface area contributed by atoms with E-state index < -0.39 is 5.91 Å². The van der Waals surface area contributed by atoms with Crippen molar-refractivity contribution in [3.05, 3.63) is 102 Å². The number of primary amides is 1. The van der Waals surface area contributed by atoms with Crippen molar-refractivity contribution in [2.24, 2.45) is 5.73 Å². The van der Waals surface area contributed by atoms with Gasteiger partial charge in [-0.2, -0.15) is 0 Å². The molecule has 0 unspecified atom stereocenters. The van der Waals surface area contributed by atoms with E-state index in [0.29, 0.717) is 12.1 Å². The van der Waals surface area contributed by atoms with Crippen LogP contribution in [0.5, 0.6) is 5.75 Å². The molecule has 1 radical (unpaired) electrons. The third kappa shape index (κ3) is 3.40. The molecule has 1 aromatic heterocycles. The lowest BCUT2D eigenvalue weighted by Gasteiger charge is -2.10. The molecule has 5 rings (SSSR count). The summed E-state index contributed by atoms with van der Waals surface area (Å²) in [5, 5.41) is 1.75. The second kappa shape index (κ2) is 7.89. The summed E-state index contributed by atoms with van der Waals surface area (Å²) < 4.78 is 7.54. The highest BCUT2D eigenvalue weighted by molar-refractivity contribution is 6.18. The van der Waals surface area contributed by atoms with Gasteiger partial charge in [0.2, 0.25) is 5.91 Å². The van der Waals surface area contributed by atoms with E-state index >= 15 is 0 Å². The van der Waals surface area contributed by atoms with Crippen LogP contribution in [0.1, 0.15) is 21.5 Å². The van der Waals surface area contributed by atoms with Crippen LogP contribution < -0.4 is 10.5 Å². The summed E-state index contributed by atoms with van der Waals surface area (Å²) in [5.41, 5.74) is 12.8. The molecule has 0 aliphatic carbocycles. The first-order valence-corrected chi connectivity index (χ1v) is 10.5. The van der Waals surface area contributed by atoms with Crippen molar-refractivity contribution in [2.45, 2.75) is 13.5 Å². The third-order valence-corrected chi connectivity index (χ3v) is 5.91. The molecule has 0 bridgehead atoms. The lowest BCUT2D eigenvalue weighted by atomic mass is 10.0. The van der Waals surface area contributed by atoms with Gasteiger partial charge < -0.3 is 15.0 Å². The fraction of sp³-hybridized carbons (Fsp3) is 0.107. The second-order valence-corrected chi connectivity index (χ2v) is 8.02. The van der Waals surface area contributed by atoms with Gasteiger partial charge in [-0.3, -0.25) is 4.79 Å². The SMILES string of the molecule is COc1ccc(-c2c[c]c3c4c(C(N)=O)cccc4n(Cc4cccc(C)c4)c3c2)cc1. The van der Waals surface area contributed by atoms with Crippen LogP contribution in [0, 0.1) is 13.0 Å². The van der Waals surface area contributed by atoms with Crippen molar-refractivity contribution in [1.29, 1.82) is 0 Å². The van der Waals surface area contributed by atoms with Crippen molar-refractivity contribution in [3.63, 3.8) is 0 Å². The number of methoxy groups -OCH3 is 1. The highest BCUT2D eigenvalue weighted by Crippen LogP contribution is 2.35. The Labute approximate surface area is 186 Å². The highest BCUT2D eigenvalue weighted by Gasteiger charge is 2.17. The zero-order chi connectivity index (χ0) is 22.2. The maximum Gasteiger partial charge on any atom is 0.249 e. The minimum Gasteiger partial charge on any atom is -0.497 e. The van der Waals surface area contributed by atoms with Crippen LogP contribution in [-0.4, -0.2) is 17.6 Å². The highest BCUT2D eigenvalue weighted by atomic mass is 16.5. The lowest BCUT2D eigenvalue weighted by molar-refractivity contribution is 0.100. The van der Waals surface area contributed by atoms with E-state index in [1.807, 2.05) is 42.5 Å². The first kappa shape index (κ1) is 19.9. The fourth-order valence-corrected chi connectivity index (χ4v) is 4.37. The molecule has 0 saturated heterocycles. The number of fused-ring (bicyclic) bond motifs is 3. The van der Waals surface area contributed by atoms with Gasteiger partial charge >= 0.3 is 0 Å². The van der Waals surface area contributed by atoms with E-state index in [-0.39, 0.29) is 0 Å². The number of carbonyl (C=O) groups excluding carboxylic acids is 1. The molecule has 0 fully saturated rings. The molecular weight excluding hydrogens is 396 g/mol. The molecule has 1 amide bonds. The number of aromatic nitrogens is 1. The Kier molecular flexibility index (Phi) is 4.91. The molecule has 4 aromatic carbocycles. The van der Waals surface area contributed by atoms with E-state index in [4.69, 9.17) is 10.5 Å². The normalized spacial score (nSPS) is 11.2. The topological polar surface area (TPSA) is 57.2 Å². The maximum atomic E-state index is 12.2. The summed E-state index contributed by atoms with van der Waals surface area (Å²) in [6.07, 6.45) is 0. The summed E-state index contributed by atoms with van der Waals surface area (Å²) in [6.45, 7) is 2.78. The Bertz CT molecular complexity index is 1460. The van der Waals surface area contributed by atoms with Gasteiger partial charge in [0.1, 0.15) is 5.75 Å². The Morgan fingerprint density at radius 3 is 2.47 bits per heavy atom. The molecule has 1 heterocycles. The summed E-state index contributed by atoms with van der Waals surface area (Å²) in [4.78, 5) is 12.2. The van der Waals surface area contributed by atoms with Crippen LogP contribution in [0.25, 0.3) is 32.9 Å². The summed E-state index contributed by atoms with van der Waals surface area (Å²) in [7, 11) is 1.66. The predicted octanol–water partition coefficient (Wildman–Crippen LogP) is 5.73. The first-order chi connectivity index (χ1) is 15.5. The second-order valence-electron chi connectivity index (χ2n) is 8.02. The van der Waals surface area contributed by atoms with Gasteiger partial charge in [0, 0.05) is 22.9 Å². The number of nitrogens with zero attached hydrogens (tertiary/aromatic N) is 1. The van der Waals surface area contributed by atoms with Crippen molar-refractivity contribution in [3.8, 4) is 16.9 Å². The van der Waals surface area contributed by atoms with Gasteiger partial charge in [-0.15, -0.1) is 0 Å². The summed E-state index contributed by atoms with van der Waals surface area (Å²) in [5.74, 6) is 0.385. The Balaban J connectivity index is 1.76. The molecule has 5 aromatic rings. The van der Waals surface area contributed by atoms with Crippen molar-refractivity contribution < 1.29 is 9.53 Å². The van der Waals surface area contributed by atoms with E-state index in [1.165, 1.54) is 11.1 Å². The van der Waals surface area contributed by atoms with Crippen LogP contribution in [0.4, 0.5) is 0 Å². The zero-order valence-electron chi connectivity index (χ0n) is 18.1. The number of aryl methyl sites for hydroxylation is 1. The van der Waals surface area contributed by atoms with E-state index in [2.05, 4.69) is 47.9 Å². The molecule has 4 heteroatoms. The molecule has 0 aliphatic rings. The van der Waals surface area contributed by atoms with E-state index in [9.17, 15) is 4.79 Å². The third-order valence-electron chi connectivity index (χ3n) is 5.91. The van der Waals surface area contributed by atoms with Gasteiger partial charge in [0.15, 0.2) is 0 Å². The van der Waals surface area contributed by atoms with Crippen molar-refractivity contribution in [2.75, 3.05) is 7.11 Å². The Hall–Kier alpha value is -4.05. The minimum atomic E-state index is -0.433. The molecule has 2 N–H and O–H groups in total. The molecule has 0 aliphatic heterocycles. The summed E-state index contributed by atoms with van der Waals surface area (Å²) >= 11 is 0. The number of amides is 1. The van der Waals surface area contributed by atoms with Gasteiger partial charge in [0.25, 0.3) is 0 Å². The molecule has 0 spiro atoms. The predicted molar refractivity (Wildman–Crippen MR) is 129 cm³/mol. The summed E-state index contributed by atoms with van der Waals surface area (Å²) in [6, 6.07) is 29.7. The minimum absolute atomic E-state index is 0.433. The Morgan fingerprint density at radius 2 is 1.75 bits per heavy atom. The Morgan fingerprint density at radius 1 is 0.969 bits per heavy atom. The quantitative estimate of drug-likeness (QED) is 0.396. The molecule has 157 valence electrons. The molecule has 0 atom stereocenters. The number of hydrogen-bond acceptors (Lipinski definition) is 2. The lowest BCUT2D eigenvalue weighted by Crippen LogP contribution is -2.11. The average Bonchev–Trinajstić information content (AvgIpc) is 3.12. The standard InChI is InChI=1S/C28H23N2O2/c1-18-5-3-6-19(15-18)17-30-25-8-4-7-24(28(29)31)27(25)23-14-11-21(16-26(23)30)20-9-12-22(32-2)13-10-20/h3-13,15-16H,17H2,1-2H3,(H2,29,31). The van der Waals surface area contributed by atoms with Crippen LogP contribution in [0.3, 0.4) is 0 Å². The molecule has 0 saturated carbocycles. The van der Waals surface area contributed by atoms with E-state index in [1.54, 1.807) is 13.2 Å². The van der Waals surface area contributed by atoms with Gasteiger partial charge in [-0.1, -0.05) is 48.0 Å². The van der Waals surface area contributed by atoms with Crippen molar-refractivity contribution >= 4 is 27.7 Å². The average molecular weight is 420 g/mol. The van der Waals surface area contributed by atoms with Crippen LogP contribution in [0.15, 0.2) is 78.9 Å². The largest absolute Gasteiger partial charge is 0.497 e. The number of benzene rings is 4. The molecular formula is C28H23N2O2. The number of carbonyl (C=O) groups is 1. The fourth-order valence-electron chi connectivity index (χ4n) is 4.37. The first-order valence-electron chi connectivity index (χ1n) is 10.5. The number of nitrogens with two attached hydrogens (primary N) is 1. The zero-order valence-corrected chi connectivity index (χ0v) is 18.1. The van der Waals surface area contributed by atoms with Gasteiger partial charge in [-0.05, 0) is 66.1 Å². The van der Waals surface area contributed by atoms with Crippen LogP contribution in [0.2, 0.25) is 0 Å². The van der Waals surface area contributed by atoms with Gasteiger partial charge in [-0.25, -0.2) is 0 Å². The monoisotopic (exact) mass is 419 g/mol. The van der Waals surface area contributed by atoms with E-state index in [0.717, 1.165) is 38.7 Å². The molecule has 4 nitrogen and oxygen atoms in total. The molecule has 32 heavy (non-hydrogen) atoms. The maximum absolute atomic E-state index is 12.2.